The molecule has 0 unspecified atom stereocenters. The van der Waals surface area contributed by atoms with Gasteiger partial charge in [0.1, 0.15) is 30.0 Å². The number of allylic oxidation sites excluding steroid dienone is 3. The van der Waals surface area contributed by atoms with E-state index >= 15 is 0 Å². The van der Waals surface area contributed by atoms with E-state index in [1.54, 1.807) is 18.2 Å². The highest BCUT2D eigenvalue weighted by molar-refractivity contribution is 6.01. The number of Topliss-reactive ketones (excluding diaryl/α,β-unsaturated/α-hetero) is 1. The van der Waals surface area contributed by atoms with Crippen LogP contribution in [0.15, 0.2) is 65.8 Å². The molecule has 1 atom stereocenters. The van der Waals surface area contributed by atoms with Gasteiger partial charge in [-0.25, -0.2) is 0 Å². The van der Waals surface area contributed by atoms with Gasteiger partial charge in [-0.1, -0.05) is 29.4 Å². The third-order valence-corrected chi connectivity index (χ3v) is 4.42. The second kappa shape index (κ2) is 10.5. The summed E-state index contributed by atoms with van der Waals surface area (Å²) in [5.41, 5.74) is 3.19. The number of aliphatic hydroxyl groups is 1. The SMILES string of the molecule is CC(C)=CC/C(C)=C/COc1ccc(C(=O)[C@H](O)Cc2ccc(O)cc2)c(O)c1. The molecule has 2 aromatic carbocycles. The van der Waals surface area contributed by atoms with Gasteiger partial charge >= 0.3 is 0 Å². The molecule has 0 heterocycles. The molecule has 2 rings (SSSR count). The molecule has 154 valence electrons. The van der Waals surface area contributed by atoms with Gasteiger partial charge in [0, 0.05) is 12.5 Å². The molecule has 0 amide bonds. The standard InChI is InChI=1S/C24H28O5/c1-16(2)4-5-17(3)12-13-29-20-10-11-21(22(26)15-20)24(28)23(27)14-18-6-8-19(25)9-7-18/h4,6-12,15,23,25-27H,5,13-14H2,1-3H3/b17-12+/t23-/m1/s1. The van der Waals surface area contributed by atoms with Crippen molar-refractivity contribution in [2.45, 2.75) is 39.7 Å². The Labute approximate surface area is 171 Å². The van der Waals surface area contributed by atoms with Gasteiger partial charge in [-0.15, -0.1) is 0 Å². The van der Waals surface area contributed by atoms with Crippen molar-refractivity contribution in [1.29, 1.82) is 0 Å². The molecule has 0 saturated heterocycles. The van der Waals surface area contributed by atoms with Gasteiger partial charge in [0.15, 0.2) is 5.78 Å². The Kier molecular flexibility index (Phi) is 8.04. The number of carbonyl (C=O) groups is 1. The summed E-state index contributed by atoms with van der Waals surface area (Å²) < 4.78 is 5.61. The fourth-order valence-electron chi connectivity index (χ4n) is 2.67. The van der Waals surface area contributed by atoms with E-state index < -0.39 is 11.9 Å². The summed E-state index contributed by atoms with van der Waals surface area (Å²) in [6.07, 6.45) is 3.77. The number of benzene rings is 2. The van der Waals surface area contributed by atoms with E-state index in [0.717, 1.165) is 6.42 Å². The van der Waals surface area contributed by atoms with Crippen LogP contribution < -0.4 is 4.74 Å². The third-order valence-electron chi connectivity index (χ3n) is 4.42. The Morgan fingerprint density at radius 3 is 2.34 bits per heavy atom. The van der Waals surface area contributed by atoms with Crippen LogP contribution in [0.25, 0.3) is 0 Å². The molecule has 0 aliphatic heterocycles. The van der Waals surface area contributed by atoms with E-state index in [1.165, 1.54) is 35.4 Å². The molecule has 2 aromatic rings. The molecule has 3 N–H and O–H groups in total. The zero-order valence-electron chi connectivity index (χ0n) is 17.1. The predicted molar refractivity (Wildman–Crippen MR) is 114 cm³/mol. The Morgan fingerprint density at radius 2 is 1.72 bits per heavy atom. The Morgan fingerprint density at radius 1 is 1.03 bits per heavy atom. The zero-order chi connectivity index (χ0) is 21.4. The molecular formula is C24H28O5. The van der Waals surface area contributed by atoms with Crippen LogP contribution >= 0.6 is 0 Å². The lowest BCUT2D eigenvalue weighted by atomic mass is 9.99. The smallest absolute Gasteiger partial charge is 0.195 e. The number of aromatic hydroxyl groups is 2. The van der Waals surface area contributed by atoms with E-state index in [-0.39, 0.29) is 23.5 Å². The molecule has 0 fully saturated rings. The summed E-state index contributed by atoms with van der Waals surface area (Å²) in [6.45, 7) is 6.49. The van der Waals surface area contributed by atoms with Crippen molar-refractivity contribution >= 4 is 5.78 Å². The number of hydrogen-bond acceptors (Lipinski definition) is 5. The van der Waals surface area contributed by atoms with Crippen molar-refractivity contribution in [2.75, 3.05) is 6.61 Å². The van der Waals surface area contributed by atoms with E-state index in [0.29, 0.717) is 17.9 Å². The van der Waals surface area contributed by atoms with Gasteiger partial charge in [-0.3, -0.25) is 4.79 Å². The molecule has 29 heavy (non-hydrogen) atoms. The Bertz CT molecular complexity index is 890. The fourth-order valence-corrected chi connectivity index (χ4v) is 2.67. The molecule has 0 saturated carbocycles. The molecule has 0 aliphatic carbocycles. The van der Waals surface area contributed by atoms with Crippen LogP contribution in [0.3, 0.4) is 0 Å². The van der Waals surface area contributed by atoms with Crippen LogP contribution in [0.1, 0.15) is 43.1 Å². The summed E-state index contributed by atoms with van der Waals surface area (Å²) in [6, 6.07) is 10.7. The summed E-state index contributed by atoms with van der Waals surface area (Å²) in [7, 11) is 0. The van der Waals surface area contributed by atoms with E-state index in [1.807, 2.05) is 13.0 Å². The highest BCUT2D eigenvalue weighted by Gasteiger charge is 2.21. The minimum absolute atomic E-state index is 0.0407. The minimum atomic E-state index is -1.29. The van der Waals surface area contributed by atoms with Gasteiger partial charge in [0.25, 0.3) is 0 Å². The topological polar surface area (TPSA) is 87.0 Å². The van der Waals surface area contributed by atoms with Crippen molar-refractivity contribution < 1.29 is 24.9 Å². The van der Waals surface area contributed by atoms with Crippen LogP contribution in [0.2, 0.25) is 0 Å². The number of ether oxygens (including phenoxy) is 1. The van der Waals surface area contributed by atoms with Crippen LogP contribution in [-0.2, 0) is 6.42 Å². The quantitative estimate of drug-likeness (QED) is 0.427. The first-order valence-electron chi connectivity index (χ1n) is 9.51. The van der Waals surface area contributed by atoms with Gasteiger partial charge < -0.3 is 20.1 Å². The first kappa shape index (κ1) is 22.2. The van der Waals surface area contributed by atoms with Crippen LogP contribution in [0, 0.1) is 0 Å². The molecule has 0 spiro atoms. The van der Waals surface area contributed by atoms with Gasteiger partial charge in [-0.05, 0) is 63.1 Å². The summed E-state index contributed by atoms with van der Waals surface area (Å²) in [5, 5.41) is 29.7. The highest BCUT2D eigenvalue weighted by atomic mass is 16.5. The number of phenolic OH excluding ortho intramolecular Hbond substituents is 2. The van der Waals surface area contributed by atoms with Crippen molar-refractivity contribution in [1.82, 2.24) is 0 Å². The van der Waals surface area contributed by atoms with Crippen molar-refractivity contribution in [2.24, 2.45) is 0 Å². The molecule has 5 nitrogen and oxygen atoms in total. The lowest BCUT2D eigenvalue weighted by molar-refractivity contribution is 0.0745. The number of phenols is 2. The maximum absolute atomic E-state index is 12.5. The summed E-state index contributed by atoms with van der Waals surface area (Å²) in [5.74, 6) is -0.245. The second-order valence-electron chi connectivity index (χ2n) is 7.28. The van der Waals surface area contributed by atoms with Crippen LogP contribution in [0.5, 0.6) is 17.2 Å². The first-order valence-corrected chi connectivity index (χ1v) is 9.51. The largest absolute Gasteiger partial charge is 0.508 e. The Balaban J connectivity index is 1.97. The lowest BCUT2D eigenvalue weighted by Gasteiger charge is -2.12. The molecule has 0 aliphatic rings. The maximum Gasteiger partial charge on any atom is 0.195 e. The minimum Gasteiger partial charge on any atom is -0.508 e. The zero-order valence-corrected chi connectivity index (χ0v) is 17.1. The van der Waals surface area contributed by atoms with Crippen LogP contribution in [-0.4, -0.2) is 33.8 Å². The Hall–Kier alpha value is -3.05. The molecular weight excluding hydrogens is 368 g/mol. The lowest BCUT2D eigenvalue weighted by Crippen LogP contribution is -2.23. The highest BCUT2D eigenvalue weighted by Crippen LogP contribution is 2.25. The normalized spacial score (nSPS) is 12.3. The molecule has 5 heteroatoms. The number of ketones is 1. The maximum atomic E-state index is 12.5. The molecule has 0 bridgehead atoms. The number of hydrogen-bond donors (Lipinski definition) is 3. The monoisotopic (exact) mass is 396 g/mol. The van der Waals surface area contributed by atoms with Crippen molar-refractivity contribution in [3.8, 4) is 17.2 Å². The van der Waals surface area contributed by atoms with Gasteiger partial charge in [-0.2, -0.15) is 0 Å². The summed E-state index contributed by atoms with van der Waals surface area (Å²) >= 11 is 0. The molecule has 0 radical (unpaired) electrons. The van der Waals surface area contributed by atoms with Gasteiger partial charge in [0.05, 0.1) is 5.56 Å². The first-order chi connectivity index (χ1) is 13.8. The average molecular weight is 396 g/mol. The van der Waals surface area contributed by atoms with Crippen LogP contribution in [0.4, 0.5) is 0 Å². The van der Waals surface area contributed by atoms with Crippen molar-refractivity contribution in [3.63, 3.8) is 0 Å². The second-order valence-corrected chi connectivity index (χ2v) is 7.28. The van der Waals surface area contributed by atoms with Crippen molar-refractivity contribution in [3.05, 3.63) is 76.9 Å². The molecule has 0 aromatic heterocycles. The average Bonchev–Trinajstić information content (AvgIpc) is 2.67. The number of rotatable bonds is 9. The predicted octanol–water partition coefficient (Wildman–Crippen LogP) is 4.57. The van der Waals surface area contributed by atoms with Gasteiger partial charge in [0.2, 0.25) is 0 Å². The van der Waals surface area contributed by atoms with E-state index in [2.05, 4.69) is 19.9 Å². The van der Waals surface area contributed by atoms with E-state index in [4.69, 9.17) is 4.74 Å². The number of aliphatic hydroxyl groups excluding tert-OH is 1. The summed E-state index contributed by atoms with van der Waals surface area (Å²) in [4.78, 5) is 12.5. The third kappa shape index (κ3) is 7.12. The van der Waals surface area contributed by atoms with E-state index in [9.17, 15) is 20.1 Å². The fraction of sp³-hybridized carbons (Fsp3) is 0.292. The number of carbonyl (C=O) groups excluding carboxylic acids is 1.